The van der Waals surface area contributed by atoms with Gasteiger partial charge in [0.2, 0.25) is 11.9 Å². The SMILES string of the molecule is C=CC(=O)Nc1cccc(Sc2ccnc(Nc3ccc(OC)cc3)n2)c1. The number of benzene rings is 2. The average molecular weight is 378 g/mol. The molecule has 0 bridgehead atoms. The molecule has 2 aromatic carbocycles. The van der Waals surface area contributed by atoms with Crippen molar-refractivity contribution in [1.82, 2.24) is 9.97 Å². The third kappa shape index (κ3) is 5.32. The molecule has 1 aromatic heterocycles. The largest absolute Gasteiger partial charge is 0.497 e. The van der Waals surface area contributed by atoms with Gasteiger partial charge in [-0.1, -0.05) is 24.4 Å². The Hall–Kier alpha value is -3.32. The van der Waals surface area contributed by atoms with Gasteiger partial charge in [-0.15, -0.1) is 0 Å². The number of hydrogen-bond donors (Lipinski definition) is 2. The minimum atomic E-state index is -0.245. The van der Waals surface area contributed by atoms with E-state index in [0.717, 1.165) is 21.4 Å². The first kappa shape index (κ1) is 18.5. The minimum absolute atomic E-state index is 0.245. The molecule has 2 N–H and O–H groups in total. The van der Waals surface area contributed by atoms with Crippen molar-refractivity contribution in [2.45, 2.75) is 9.92 Å². The first-order valence-corrected chi connectivity index (χ1v) is 8.93. The Morgan fingerprint density at radius 3 is 2.70 bits per heavy atom. The summed E-state index contributed by atoms with van der Waals surface area (Å²) in [5.41, 5.74) is 1.57. The summed E-state index contributed by atoms with van der Waals surface area (Å²) in [7, 11) is 1.63. The van der Waals surface area contributed by atoms with Crippen molar-refractivity contribution >= 4 is 35.0 Å². The van der Waals surface area contributed by atoms with Crippen LogP contribution < -0.4 is 15.4 Å². The van der Waals surface area contributed by atoms with Crippen molar-refractivity contribution in [2.75, 3.05) is 17.7 Å². The summed E-state index contributed by atoms with van der Waals surface area (Å²) in [6.07, 6.45) is 2.94. The number of anilines is 3. The topological polar surface area (TPSA) is 76.1 Å². The summed E-state index contributed by atoms with van der Waals surface area (Å²) < 4.78 is 5.15. The van der Waals surface area contributed by atoms with Crippen molar-refractivity contribution in [3.63, 3.8) is 0 Å². The lowest BCUT2D eigenvalue weighted by Gasteiger charge is -2.08. The molecular weight excluding hydrogens is 360 g/mol. The quantitative estimate of drug-likeness (QED) is 0.465. The van der Waals surface area contributed by atoms with Gasteiger partial charge in [-0.25, -0.2) is 9.97 Å². The summed E-state index contributed by atoms with van der Waals surface area (Å²) in [6.45, 7) is 3.45. The smallest absolute Gasteiger partial charge is 0.247 e. The van der Waals surface area contributed by atoms with Gasteiger partial charge in [0, 0.05) is 22.5 Å². The molecule has 0 saturated heterocycles. The Morgan fingerprint density at radius 1 is 1.15 bits per heavy atom. The molecule has 0 aliphatic rings. The molecule has 0 aliphatic heterocycles. The molecule has 7 heteroatoms. The summed E-state index contributed by atoms with van der Waals surface area (Å²) in [4.78, 5) is 21.2. The second-order valence-corrected chi connectivity index (χ2v) is 6.49. The third-order valence-corrected chi connectivity index (χ3v) is 4.41. The van der Waals surface area contributed by atoms with Crippen LogP contribution >= 0.6 is 11.8 Å². The molecule has 27 heavy (non-hydrogen) atoms. The van der Waals surface area contributed by atoms with Crippen LogP contribution in [0, 0.1) is 0 Å². The predicted octanol–water partition coefficient (Wildman–Crippen LogP) is 4.50. The molecule has 0 atom stereocenters. The molecule has 0 radical (unpaired) electrons. The molecule has 0 fully saturated rings. The van der Waals surface area contributed by atoms with Crippen LogP contribution in [-0.2, 0) is 4.79 Å². The summed E-state index contributed by atoms with van der Waals surface area (Å²) in [6, 6.07) is 16.9. The molecule has 6 nitrogen and oxygen atoms in total. The highest BCUT2D eigenvalue weighted by molar-refractivity contribution is 7.99. The van der Waals surface area contributed by atoms with Crippen LogP contribution in [0.5, 0.6) is 5.75 Å². The molecule has 3 rings (SSSR count). The van der Waals surface area contributed by atoms with Crippen LogP contribution in [0.2, 0.25) is 0 Å². The Bertz CT molecular complexity index is 945. The Morgan fingerprint density at radius 2 is 1.96 bits per heavy atom. The van der Waals surface area contributed by atoms with Crippen LogP contribution in [0.1, 0.15) is 0 Å². The zero-order valence-corrected chi connectivity index (χ0v) is 15.5. The number of methoxy groups -OCH3 is 1. The molecule has 136 valence electrons. The molecule has 0 aliphatic carbocycles. The highest BCUT2D eigenvalue weighted by atomic mass is 32.2. The Balaban J connectivity index is 1.71. The maximum absolute atomic E-state index is 11.4. The molecule has 1 amide bonds. The van der Waals surface area contributed by atoms with Gasteiger partial charge in [0.05, 0.1) is 7.11 Å². The standard InChI is InChI=1S/C20H18N4O2S/c1-3-18(25)22-15-5-4-6-17(13-15)27-19-11-12-21-20(24-19)23-14-7-9-16(26-2)10-8-14/h3-13H,1H2,2H3,(H,22,25)(H,21,23,24). The van der Waals surface area contributed by atoms with E-state index in [4.69, 9.17) is 4.74 Å². The van der Waals surface area contributed by atoms with E-state index >= 15 is 0 Å². The number of ether oxygens (including phenoxy) is 1. The van der Waals surface area contributed by atoms with E-state index in [1.165, 1.54) is 17.8 Å². The number of hydrogen-bond acceptors (Lipinski definition) is 6. The molecular formula is C20H18N4O2S. The van der Waals surface area contributed by atoms with E-state index in [-0.39, 0.29) is 5.91 Å². The van der Waals surface area contributed by atoms with Crippen LogP contribution in [-0.4, -0.2) is 23.0 Å². The van der Waals surface area contributed by atoms with Gasteiger partial charge in [-0.3, -0.25) is 4.79 Å². The Kier molecular flexibility index (Phi) is 6.06. The van der Waals surface area contributed by atoms with E-state index in [1.807, 2.05) is 54.6 Å². The first-order valence-electron chi connectivity index (χ1n) is 8.12. The monoisotopic (exact) mass is 378 g/mol. The van der Waals surface area contributed by atoms with E-state index in [1.54, 1.807) is 13.3 Å². The third-order valence-electron chi connectivity index (χ3n) is 3.49. The van der Waals surface area contributed by atoms with Gasteiger partial charge in [-0.05, 0) is 54.6 Å². The molecule has 0 saturated carbocycles. The highest BCUT2D eigenvalue weighted by Crippen LogP contribution is 2.29. The van der Waals surface area contributed by atoms with E-state index in [0.29, 0.717) is 11.6 Å². The van der Waals surface area contributed by atoms with Crippen molar-refractivity contribution in [1.29, 1.82) is 0 Å². The second kappa shape index (κ2) is 8.86. The fourth-order valence-electron chi connectivity index (χ4n) is 2.21. The number of carbonyl (C=O) groups is 1. The predicted molar refractivity (Wildman–Crippen MR) is 108 cm³/mol. The van der Waals surface area contributed by atoms with Crippen molar-refractivity contribution in [3.05, 3.63) is 73.4 Å². The number of nitrogens with one attached hydrogen (secondary N) is 2. The fraction of sp³-hybridized carbons (Fsp3) is 0.0500. The summed E-state index contributed by atoms with van der Waals surface area (Å²) >= 11 is 1.48. The summed E-state index contributed by atoms with van der Waals surface area (Å²) in [5.74, 6) is 1.04. The van der Waals surface area contributed by atoms with Crippen LogP contribution in [0.4, 0.5) is 17.3 Å². The van der Waals surface area contributed by atoms with E-state index < -0.39 is 0 Å². The van der Waals surface area contributed by atoms with Crippen LogP contribution in [0.3, 0.4) is 0 Å². The van der Waals surface area contributed by atoms with Crippen molar-refractivity contribution in [3.8, 4) is 5.75 Å². The average Bonchev–Trinajstić information content (AvgIpc) is 2.69. The van der Waals surface area contributed by atoms with Gasteiger partial charge in [0.1, 0.15) is 10.8 Å². The van der Waals surface area contributed by atoms with Crippen molar-refractivity contribution in [2.24, 2.45) is 0 Å². The number of nitrogens with zero attached hydrogens (tertiary/aromatic N) is 2. The minimum Gasteiger partial charge on any atom is -0.497 e. The fourth-order valence-corrected chi connectivity index (χ4v) is 3.05. The molecule has 3 aromatic rings. The first-order chi connectivity index (χ1) is 13.2. The lowest BCUT2D eigenvalue weighted by molar-refractivity contribution is -0.111. The lowest BCUT2D eigenvalue weighted by atomic mass is 10.3. The number of rotatable bonds is 7. The van der Waals surface area contributed by atoms with Gasteiger partial charge >= 0.3 is 0 Å². The van der Waals surface area contributed by atoms with E-state index in [9.17, 15) is 4.79 Å². The maximum atomic E-state index is 11.4. The van der Waals surface area contributed by atoms with Gasteiger partial charge in [0.15, 0.2) is 0 Å². The molecule has 0 unspecified atom stereocenters. The second-order valence-electron chi connectivity index (χ2n) is 5.40. The zero-order valence-electron chi connectivity index (χ0n) is 14.7. The highest BCUT2D eigenvalue weighted by Gasteiger charge is 2.05. The number of amides is 1. The summed E-state index contributed by atoms with van der Waals surface area (Å²) in [5, 5.41) is 6.70. The Labute approximate surface area is 161 Å². The molecule has 0 spiro atoms. The van der Waals surface area contributed by atoms with Crippen molar-refractivity contribution < 1.29 is 9.53 Å². The number of carbonyl (C=O) groups excluding carboxylic acids is 1. The zero-order chi connectivity index (χ0) is 19.1. The van der Waals surface area contributed by atoms with E-state index in [2.05, 4.69) is 27.2 Å². The van der Waals surface area contributed by atoms with Crippen LogP contribution in [0.25, 0.3) is 0 Å². The van der Waals surface area contributed by atoms with Crippen LogP contribution in [0.15, 0.2) is 83.4 Å². The normalized spacial score (nSPS) is 10.1. The molecule has 1 heterocycles. The van der Waals surface area contributed by atoms with Gasteiger partial charge in [-0.2, -0.15) is 0 Å². The number of aromatic nitrogens is 2. The maximum Gasteiger partial charge on any atom is 0.247 e. The lowest BCUT2D eigenvalue weighted by Crippen LogP contribution is -2.06. The van der Waals surface area contributed by atoms with Gasteiger partial charge in [0.25, 0.3) is 0 Å². The van der Waals surface area contributed by atoms with Gasteiger partial charge < -0.3 is 15.4 Å².